The third kappa shape index (κ3) is 2.82. The molecule has 1 amide bonds. The van der Waals surface area contributed by atoms with E-state index in [0.717, 1.165) is 36.1 Å². The molecular weight excluding hydrogens is 318 g/mol. The second-order valence-corrected chi connectivity index (χ2v) is 7.36. The van der Waals surface area contributed by atoms with Gasteiger partial charge in [-0.05, 0) is 41.0 Å². The summed E-state index contributed by atoms with van der Waals surface area (Å²) in [6.07, 6.45) is 2.45. The number of rotatable bonds is 3. The quantitative estimate of drug-likeness (QED) is 0.853. The van der Waals surface area contributed by atoms with E-state index in [1.54, 1.807) is 11.3 Å². The summed E-state index contributed by atoms with van der Waals surface area (Å²) >= 11 is 1.77. The lowest BCUT2D eigenvalue weighted by atomic mass is 9.99. The zero-order chi connectivity index (χ0) is 16.5. The minimum atomic E-state index is 0.0746. The molecule has 0 saturated carbocycles. The van der Waals surface area contributed by atoms with Crippen molar-refractivity contribution in [3.8, 4) is 0 Å². The van der Waals surface area contributed by atoms with Crippen molar-refractivity contribution in [1.82, 2.24) is 4.90 Å². The molecule has 0 N–H and O–H groups in total. The molecule has 1 aliphatic carbocycles. The van der Waals surface area contributed by atoms with Gasteiger partial charge in [0.15, 0.2) is 5.78 Å². The van der Waals surface area contributed by atoms with E-state index in [1.165, 1.54) is 10.4 Å². The molecule has 2 aromatic rings. The van der Waals surface area contributed by atoms with Crippen LogP contribution in [-0.4, -0.2) is 23.1 Å². The summed E-state index contributed by atoms with van der Waals surface area (Å²) in [6.45, 7) is 1.44. The van der Waals surface area contributed by atoms with Crippen molar-refractivity contribution in [2.75, 3.05) is 6.54 Å². The number of allylic oxidation sites excluding steroid dienone is 1. The second-order valence-electron chi connectivity index (χ2n) is 6.36. The van der Waals surface area contributed by atoms with Gasteiger partial charge in [0.05, 0.1) is 6.42 Å². The van der Waals surface area contributed by atoms with Gasteiger partial charge in [0, 0.05) is 30.0 Å². The Labute approximate surface area is 145 Å². The Balaban J connectivity index is 1.55. The first kappa shape index (κ1) is 15.3. The first-order valence-corrected chi connectivity index (χ1v) is 9.24. The number of Topliss-reactive ketones (excluding diaryl/α,β-unsaturated/α-hetero) is 1. The first-order valence-electron chi connectivity index (χ1n) is 8.36. The number of hydrogen-bond acceptors (Lipinski definition) is 3. The van der Waals surface area contributed by atoms with E-state index in [0.29, 0.717) is 13.0 Å². The van der Waals surface area contributed by atoms with Crippen LogP contribution in [0.3, 0.4) is 0 Å². The molecule has 0 unspecified atom stereocenters. The van der Waals surface area contributed by atoms with Crippen LogP contribution in [0, 0.1) is 0 Å². The molecule has 0 spiro atoms. The molecule has 0 saturated heterocycles. The van der Waals surface area contributed by atoms with Crippen LogP contribution in [-0.2, 0) is 22.6 Å². The van der Waals surface area contributed by atoms with E-state index in [2.05, 4.69) is 11.4 Å². The van der Waals surface area contributed by atoms with E-state index >= 15 is 0 Å². The van der Waals surface area contributed by atoms with Crippen LogP contribution in [0.2, 0.25) is 0 Å². The maximum atomic E-state index is 12.8. The van der Waals surface area contributed by atoms with Gasteiger partial charge in [-0.3, -0.25) is 9.59 Å². The minimum Gasteiger partial charge on any atom is -0.338 e. The standard InChI is InChI=1S/C20H19NO2S/c22-18-7-6-16(14-4-2-1-3-5-14)17(18)12-20(23)21-10-8-19-15(13-21)9-11-24-19/h1-5,9,11H,6-8,10,12-13H2. The van der Waals surface area contributed by atoms with E-state index in [1.807, 2.05) is 35.2 Å². The predicted octanol–water partition coefficient (Wildman–Crippen LogP) is 3.84. The van der Waals surface area contributed by atoms with Gasteiger partial charge in [-0.15, -0.1) is 11.3 Å². The number of fused-ring (bicyclic) bond motifs is 1. The largest absolute Gasteiger partial charge is 0.338 e. The average molecular weight is 337 g/mol. The topological polar surface area (TPSA) is 37.4 Å². The normalized spacial score (nSPS) is 17.3. The maximum Gasteiger partial charge on any atom is 0.227 e. The van der Waals surface area contributed by atoms with E-state index in [-0.39, 0.29) is 18.1 Å². The highest BCUT2D eigenvalue weighted by Crippen LogP contribution is 2.34. The minimum absolute atomic E-state index is 0.0746. The Morgan fingerprint density at radius 2 is 1.92 bits per heavy atom. The molecule has 122 valence electrons. The van der Waals surface area contributed by atoms with Gasteiger partial charge in [0.1, 0.15) is 0 Å². The molecule has 3 nitrogen and oxygen atoms in total. The number of benzene rings is 1. The third-order valence-corrected chi connectivity index (χ3v) is 5.94. The van der Waals surface area contributed by atoms with E-state index < -0.39 is 0 Å². The van der Waals surface area contributed by atoms with Crippen LogP contribution in [0.4, 0.5) is 0 Å². The van der Waals surface area contributed by atoms with Crippen LogP contribution in [0.5, 0.6) is 0 Å². The molecule has 1 aliphatic heterocycles. The number of hydrogen-bond donors (Lipinski definition) is 0. The third-order valence-electron chi connectivity index (χ3n) is 4.91. The summed E-state index contributed by atoms with van der Waals surface area (Å²) < 4.78 is 0. The molecule has 0 atom stereocenters. The lowest BCUT2D eigenvalue weighted by Gasteiger charge is -2.27. The molecule has 24 heavy (non-hydrogen) atoms. The molecule has 1 aromatic heterocycles. The fourth-order valence-corrected chi connectivity index (χ4v) is 4.49. The highest BCUT2D eigenvalue weighted by Gasteiger charge is 2.28. The van der Waals surface area contributed by atoms with Crippen molar-refractivity contribution in [2.45, 2.75) is 32.2 Å². The average Bonchev–Trinajstić information content (AvgIpc) is 3.22. The van der Waals surface area contributed by atoms with Gasteiger partial charge in [0.2, 0.25) is 5.91 Å². The van der Waals surface area contributed by atoms with Gasteiger partial charge < -0.3 is 4.90 Å². The zero-order valence-corrected chi connectivity index (χ0v) is 14.3. The van der Waals surface area contributed by atoms with Crippen molar-refractivity contribution < 1.29 is 9.59 Å². The molecule has 4 heteroatoms. The van der Waals surface area contributed by atoms with Crippen molar-refractivity contribution >= 4 is 28.6 Å². The summed E-state index contributed by atoms with van der Waals surface area (Å²) in [6, 6.07) is 12.1. The molecule has 0 radical (unpaired) electrons. The Morgan fingerprint density at radius 1 is 1.08 bits per heavy atom. The summed E-state index contributed by atoms with van der Waals surface area (Å²) in [5.74, 6) is 0.209. The Kier molecular flexibility index (Phi) is 4.07. The number of thiophene rings is 1. The SMILES string of the molecule is O=C1CCC(c2ccccc2)=C1CC(=O)N1CCc2sccc2C1. The highest BCUT2D eigenvalue weighted by atomic mass is 32.1. The fraction of sp³-hybridized carbons (Fsp3) is 0.300. The van der Waals surface area contributed by atoms with Gasteiger partial charge >= 0.3 is 0 Å². The van der Waals surface area contributed by atoms with E-state index in [9.17, 15) is 9.59 Å². The lowest BCUT2D eigenvalue weighted by molar-refractivity contribution is -0.132. The van der Waals surface area contributed by atoms with Crippen molar-refractivity contribution in [3.63, 3.8) is 0 Å². The molecule has 1 aromatic carbocycles. The maximum absolute atomic E-state index is 12.8. The molecule has 0 fully saturated rings. The van der Waals surface area contributed by atoms with Crippen molar-refractivity contribution in [2.24, 2.45) is 0 Å². The number of nitrogens with zero attached hydrogens (tertiary/aromatic N) is 1. The number of carbonyl (C=O) groups is 2. The molecular formula is C20H19NO2S. The van der Waals surface area contributed by atoms with E-state index in [4.69, 9.17) is 0 Å². The monoisotopic (exact) mass is 337 g/mol. The van der Waals surface area contributed by atoms with Crippen molar-refractivity contribution in [3.05, 3.63) is 63.4 Å². The van der Waals surface area contributed by atoms with Gasteiger partial charge in [-0.25, -0.2) is 0 Å². The molecule has 2 heterocycles. The van der Waals surface area contributed by atoms with Crippen LogP contribution < -0.4 is 0 Å². The number of ketones is 1. The summed E-state index contributed by atoms with van der Waals surface area (Å²) in [5, 5.41) is 2.09. The molecule has 2 aliphatic rings. The van der Waals surface area contributed by atoms with Crippen LogP contribution in [0.1, 0.15) is 35.3 Å². The number of carbonyl (C=O) groups excluding carboxylic acids is 2. The van der Waals surface area contributed by atoms with Crippen LogP contribution >= 0.6 is 11.3 Å². The van der Waals surface area contributed by atoms with Crippen LogP contribution in [0.15, 0.2) is 47.4 Å². The second kappa shape index (κ2) is 6.36. The summed E-state index contributed by atoms with van der Waals surface area (Å²) in [4.78, 5) is 28.3. The first-order chi connectivity index (χ1) is 11.7. The Bertz CT molecular complexity index is 819. The number of amides is 1. The van der Waals surface area contributed by atoms with Crippen LogP contribution in [0.25, 0.3) is 5.57 Å². The summed E-state index contributed by atoms with van der Waals surface area (Å²) in [5.41, 5.74) is 4.11. The lowest BCUT2D eigenvalue weighted by Crippen LogP contribution is -2.35. The van der Waals surface area contributed by atoms with Gasteiger partial charge in [-0.2, -0.15) is 0 Å². The zero-order valence-electron chi connectivity index (χ0n) is 13.5. The van der Waals surface area contributed by atoms with Crippen molar-refractivity contribution in [1.29, 1.82) is 0 Å². The Morgan fingerprint density at radius 3 is 2.75 bits per heavy atom. The predicted molar refractivity (Wildman–Crippen MR) is 95.7 cm³/mol. The van der Waals surface area contributed by atoms with Gasteiger partial charge in [-0.1, -0.05) is 30.3 Å². The Hall–Kier alpha value is -2.20. The molecule has 4 rings (SSSR count). The smallest absolute Gasteiger partial charge is 0.227 e. The van der Waals surface area contributed by atoms with Gasteiger partial charge in [0.25, 0.3) is 0 Å². The highest BCUT2D eigenvalue weighted by molar-refractivity contribution is 7.10. The molecule has 0 bridgehead atoms. The summed E-state index contributed by atoms with van der Waals surface area (Å²) in [7, 11) is 0. The fourth-order valence-electron chi connectivity index (χ4n) is 3.60.